The zero-order valence-electron chi connectivity index (χ0n) is 13.6. The molecule has 0 radical (unpaired) electrons. The Morgan fingerprint density at radius 1 is 0.952 bits per heavy atom. The normalized spacial score (nSPS) is 11.5. The van der Waals surface area contributed by atoms with Crippen molar-refractivity contribution >= 4 is 5.69 Å². The summed E-state index contributed by atoms with van der Waals surface area (Å²) >= 11 is 0. The van der Waals surface area contributed by atoms with Gasteiger partial charge in [0.2, 0.25) is 0 Å². The number of phenolic OH excluding ortho intramolecular Hbond substituents is 1. The summed E-state index contributed by atoms with van der Waals surface area (Å²) in [5.41, 5.74) is 5.57. The maximum Gasteiger partial charge on any atom is 0.123 e. The minimum Gasteiger partial charge on any atom is -0.507 e. The van der Waals surface area contributed by atoms with Crippen LogP contribution in [0.1, 0.15) is 43.0 Å². The highest BCUT2D eigenvalue weighted by Gasteiger charge is 2.12. The van der Waals surface area contributed by atoms with Crippen molar-refractivity contribution in [1.29, 1.82) is 0 Å². The zero-order chi connectivity index (χ0) is 15.6. The van der Waals surface area contributed by atoms with Crippen LogP contribution in [0.4, 0.5) is 5.69 Å². The van der Waals surface area contributed by atoms with E-state index in [2.05, 4.69) is 50.4 Å². The van der Waals surface area contributed by atoms with Crippen LogP contribution in [-0.4, -0.2) is 5.11 Å². The maximum absolute atomic E-state index is 9.97. The Morgan fingerprint density at radius 2 is 1.57 bits per heavy atom. The van der Waals surface area contributed by atoms with Crippen molar-refractivity contribution in [1.82, 2.24) is 0 Å². The van der Waals surface area contributed by atoms with Crippen molar-refractivity contribution in [3.63, 3.8) is 0 Å². The highest BCUT2D eigenvalue weighted by molar-refractivity contribution is 5.59. The molecule has 0 unspecified atom stereocenters. The SMILES string of the molecule is Cc1ccc(NCc2ccc(C(C)(C)C)cc2)c(C)c1O. The fourth-order valence-corrected chi connectivity index (χ4v) is 2.35. The van der Waals surface area contributed by atoms with Gasteiger partial charge in [-0.05, 0) is 42.0 Å². The molecule has 0 bridgehead atoms. The van der Waals surface area contributed by atoms with Gasteiger partial charge >= 0.3 is 0 Å². The largest absolute Gasteiger partial charge is 0.507 e. The van der Waals surface area contributed by atoms with Crippen LogP contribution in [0.2, 0.25) is 0 Å². The van der Waals surface area contributed by atoms with E-state index in [-0.39, 0.29) is 5.41 Å². The number of hydrogen-bond donors (Lipinski definition) is 2. The third-order valence-electron chi connectivity index (χ3n) is 3.94. The van der Waals surface area contributed by atoms with Crippen LogP contribution >= 0.6 is 0 Å². The van der Waals surface area contributed by atoms with Crippen molar-refractivity contribution in [2.24, 2.45) is 0 Å². The van der Waals surface area contributed by atoms with Crippen molar-refractivity contribution in [3.8, 4) is 5.75 Å². The van der Waals surface area contributed by atoms with E-state index in [1.165, 1.54) is 11.1 Å². The van der Waals surface area contributed by atoms with Gasteiger partial charge in [0.25, 0.3) is 0 Å². The second kappa shape index (κ2) is 5.80. The van der Waals surface area contributed by atoms with Crippen LogP contribution < -0.4 is 5.32 Å². The molecule has 112 valence electrons. The lowest BCUT2D eigenvalue weighted by Gasteiger charge is -2.19. The third-order valence-corrected chi connectivity index (χ3v) is 3.94. The van der Waals surface area contributed by atoms with Crippen LogP contribution in [0.3, 0.4) is 0 Å². The number of aryl methyl sites for hydroxylation is 1. The number of anilines is 1. The summed E-state index contributed by atoms with van der Waals surface area (Å²) in [6.45, 7) is 11.3. The highest BCUT2D eigenvalue weighted by Crippen LogP contribution is 2.28. The van der Waals surface area contributed by atoms with E-state index in [9.17, 15) is 5.11 Å². The van der Waals surface area contributed by atoms with Gasteiger partial charge < -0.3 is 10.4 Å². The molecule has 2 N–H and O–H groups in total. The number of hydrogen-bond acceptors (Lipinski definition) is 2. The molecular weight excluding hydrogens is 258 g/mol. The minimum atomic E-state index is 0.186. The summed E-state index contributed by atoms with van der Waals surface area (Å²) in [4.78, 5) is 0. The summed E-state index contributed by atoms with van der Waals surface area (Å²) < 4.78 is 0. The summed E-state index contributed by atoms with van der Waals surface area (Å²) in [7, 11) is 0. The number of aromatic hydroxyl groups is 1. The van der Waals surface area contributed by atoms with E-state index in [4.69, 9.17) is 0 Å². The van der Waals surface area contributed by atoms with E-state index < -0.39 is 0 Å². The average Bonchev–Trinajstić information content (AvgIpc) is 2.43. The predicted molar refractivity (Wildman–Crippen MR) is 90.0 cm³/mol. The van der Waals surface area contributed by atoms with Crippen molar-refractivity contribution in [2.45, 2.75) is 46.6 Å². The van der Waals surface area contributed by atoms with E-state index >= 15 is 0 Å². The standard InChI is InChI=1S/C19H25NO/c1-13-6-11-17(14(2)18(13)21)20-12-15-7-9-16(10-8-15)19(3,4)5/h6-11,20-21H,12H2,1-5H3. The van der Waals surface area contributed by atoms with Gasteiger partial charge in [-0.25, -0.2) is 0 Å². The Hall–Kier alpha value is -1.96. The smallest absolute Gasteiger partial charge is 0.123 e. The molecule has 2 aromatic carbocycles. The van der Waals surface area contributed by atoms with Gasteiger partial charge in [0.05, 0.1) is 0 Å². The van der Waals surface area contributed by atoms with Gasteiger partial charge in [-0.2, -0.15) is 0 Å². The quantitative estimate of drug-likeness (QED) is 0.838. The molecule has 0 aliphatic carbocycles. The van der Waals surface area contributed by atoms with Gasteiger partial charge in [0, 0.05) is 17.8 Å². The molecule has 2 nitrogen and oxygen atoms in total. The first kappa shape index (κ1) is 15.4. The van der Waals surface area contributed by atoms with Gasteiger partial charge in [0.15, 0.2) is 0 Å². The van der Waals surface area contributed by atoms with Gasteiger partial charge in [-0.1, -0.05) is 51.1 Å². The Labute approximate surface area is 127 Å². The fraction of sp³-hybridized carbons (Fsp3) is 0.368. The van der Waals surface area contributed by atoms with E-state index in [0.29, 0.717) is 5.75 Å². The Balaban J connectivity index is 2.09. The minimum absolute atomic E-state index is 0.186. The molecule has 0 amide bonds. The summed E-state index contributed by atoms with van der Waals surface area (Å²) in [5, 5.41) is 13.4. The molecule has 2 heteroatoms. The average molecular weight is 283 g/mol. The zero-order valence-corrected chi connectivity index (χ0v) is 13.6. The molecule has 0 heterocycles. The second-order valence-corrected chi connectivity index (χ2v) is 6.70. The lowest BCUT2D eigenvalue weighted by Crippen LogP contribution is -2.11. The van der Waals surface area contributed by atoms with Gasteiger partial charge in [-0.15, -0.1) is 0 Å². The van der Waals surface area contributed by atoms with E-state index in [1.54, 1.807) is 0 Å². The Bertz CT molecular complexity index is 621. The molecular formula is C19H25NO. The number of rotatable bonds is 3. The van der Waals surface area contributed by atoms with E-state index in [0.717, 1.165) is 23.4 Å². The fourth-order valence-electron chi connectivity index (χ4n) is 2.35. The first-order valence-corrected chi connectivity index (χ1v) is 7.41. The van der Waals surface area contributed by atoms with Gasteiger partial charge in [0.1, 0.15) is 5.75 Å². The molecule has 0 fully saturated rings. The Morgan fingerprint density at radius 3 is 2.14 bits per heavy atom. The monoisotopic (exact) mass is 283 g/mol. The number of phenols is 1. The van der Waals surface area contributed by atoms with Crippen LogP contribution in [0.25, 0.3) is 0 Å². The van der Waals surface area contributed by atoms with Crippen molar-refractivity contribution in [3.05, 3.63) is 58.7 Å². The Kier molecular flexibility index (Phi) is 4.26. The predicted octanol–water partition coefficient (Wildman–Crippen LogP) is 4.92. The number of benzene rings is 2. The highest BCUT2D eigenvalue weighted by atomic mass is 16.3. The van der Waals surface area contributed by atoms with Crippen molar-refractivity contribution < 1.29 is 5.11 Å². The molecule has 0 spiro atoms. The van der Waals surface area contributed by atoms with Crippen LogP contribution in [0, 0.1) is 13.8 Å². The second-order valence-electron chi connectivity index (χ2n) is 6.70. The van der Waals surface area contributed by atoms with Crippen LogP contribution in [0.5, 0.6) is 5.75 Å². The van der Waals surface area contributed by atoms with Gasteiger partial charge in [-0.3, -0.25) is 0 Å². The molecule has 2 aromatic rings. The molecule has 0 aromatic heterocycles. The lowest BCUT2D eigenvalue weighted by molar-refractivity contribution is 0.467. The number of nitrogens with one attached hydrogen (secondary N) is 1. The van der Waals surface area contributed by atoms with E-state index in [1.807, 2.05) is 26.0 Å². The molecule has 0 saturated heterocycles. The lowest BCUT2D eigenvalue weighted by atomic mass is 9.87. The molecule has 21 heavy (non-hydrogen) atoms. The topological polar surface area (TPSA) is 32.3 Å². The summed E-state index contributed by atoms with van der Waals surface area (Å²) in [6, 6.07) is 12.7. The third kappa shape index (κ3) is 3.57. The molecule has 0 aliphatic heterocycles. The van der Waals surface area contributed by atoms with Crippen LogP contribution in [0.15, 0.2) is 36.4 Å². The first-order chi connectivity index (χ1) is 9.79. The maximum atomic E-state index is 9.97. The summed E-state index contributed by atoms with van der Waals surface area (Å²) in [6.07, 6.45) is 0. The molecule has 2 rings (SSSR count). The van der Waals surface area contributed by atoms with Crippen molar-refractivity contribution in [2.75, 3.05) is 5.32 Å². The van der Waals surface area contributed by atoms with Crippen LogP contribution in [-0.2, 0) is 12.0 Å². The first-order valence-electron chi connectivity index (χ1n) is 7.41. The summed E-state index contributed by atoms with van der Waals surface area (Å²) in [5.74, 6) is 0.378. The molecule has 0 aliphatic rings. The molecule has 0 atom stereocenters. The molecule has 0 saturated carbocycles.